The van der Waals surface area contributed by atoms with Crippen LogP contribution >= 0.6 is 22.6 Å². The average Bonchev–Trinajstić information content (AvgIpc) is 3.09. The highest BCUT2D eigenvalue weighted by Crippen LogP contribution is 2.37. The van der Waals surface area contributed by atoms with Gasteiger partial charge in [0.05, 0.1) is 0 Å². The third kappa shape index (κ3) is 3.71. The van der Waals surface area contributed by atoms with Crippen LogP contribution in [0.25, 0.3) is 0 Å². The van der Waals surface area contributed by atoms with Crippen LogP contribution < -0.4 is 0 Å². The predicted molar refractivity (Wildman–Crippen MR) is 117 cm³/mol. The molecule has 2 aliphatic heterocycles. The van der Waals surface area contributed by atoms with Crippen molar-refractivity contribution in [3.8, 4) is 0 Å². The highest BCUT2D eigenvalue weighted by molar-refractivity contribution is 14.1. The van der Waals surface area contributed by atoms with Crippen LogP contribution in [0.5, 0.6) is 0 Å². The van der Waals surface area contributed by atoms with E-state index in [1.807, 2.05) is 0 Å². The second-order valence-electron chi connectivity index (χ2n) is 8.33. The van der Waals surface area contributed by atoms with Gasteiger partial charge in [0.25, 0.3) is 0 Å². The van der Waals surface area contributed by atoms with E-state index in [0.29, 0.717) is 0 Å². The first-order valence-electron chi connectivity index (χ1n) is 9.87. The van der Waals surface area contributed by atoms with Gasteiger partial charge in [0.2, 0.25) is 0 Å². The Morgan fingerprint density at radius 1 is 0.962 bits per heavy atom. The molecule has 0 saturated carbocycles. The van der Waals surface area contributed by atoms with Gasteiger partial charge in [-0.25, -0.2) is 0 Å². The molecule has 0 bridgehead atoms. The Balaban J connectivity index is 1.54. The summed E-state index contributed by atoms with van der Waals surface area (Å²) in [6, 6.07) is 15.8. The molecule has 0 aliphatic carbocycles. The van der Waals surface area contributed by atoms with Gasteiger partial charge in [-0.2, -0.15) is 0 Å². The fourth-order valence-corrected chi connectivity index (χ4v) is 5.33. The first kappa shape index (κ1) is 18.5. The molecular weight excluding hydrogens is 431 g/mol. The summed E-state index contributed by atoms with van der Waals surface area (Å²) < 4.78 is 1.44. The number of fused-ring (bicyclic) bond motifs is 1. The molecule has 0 radical (unpaired) electrons. The number of nitrogens with zero attached hydrogens (tertiary/aromatic N) is 2. The molecule has 0 amide bonds. The van der Waals surface area contributed by atoms with Gasteiger partial charge in [-0.1, -0.05) is 42.8 Å². The maximum absolute atomic E-state index is 2.63. The van der Waals surface area contributed by atoms with E-state index in [4.69, 9.17) is 0 Å². The summed E-state index contributed by atoms with van der Waals surface area (Å²) in [4.78, 5) is 5.25. The summed E-state index contributed by atoms with van der Waals surface area (Å²) in [6.45, 7) is 10.5. The molecule has 2 nitrogen and oxygen atoms in total. The third-order valence-electron chi connectivity index (χ3n) is 6.18. The van der Waals surface area contributed by atoms with Crippen LogP contribution in [0, 0.1) is 3.57 Å². The van der Waals surface area contributed by atoms with Crippen LogP contribution in [0.1, 0.15) is 55.4 Å². The van der Waals surface area contributed by atoms with E-state index in [0.717, 1.165) is 19.6 Å². The standard InChI is InChI=1S/C23H29IN2/c1-23(2,20-9-5-3-6-10-20)26-16-19-13-18(14-22(24)21(19)17-26)15-25-11-7-4-8-12-25/h3,5-6,9-10,13-14H,4,7-8,11-12,15-17H2,1-2H3. The maximum atomic E-state index is 2.63. The van der Waals surface area contributed by atoms with Crippen LogP contribution in [0.3, 0.4) is 0 Å². The van der Waals surface area contributed by atoms with Crippen molar-refractivity contribution in [2.75, 3.05) is 13.1 Å². The summed E-state index contributed by atoms with van der Waals surface area (Å²) in [7, 11) is 0. The van der Waals surface area contributed by atoms with Crippen LogP contribution in [0.15, 0.2) is 42.5 Å². The minimum absolute atomic E-state index is 0.0520. The van der Waals surface area contributed by atoms with Crippen molar-refractivity contribution in [1.82, 2.24) is 9.80 Å². The normalized spacial score (nSPS) is 18.9. The smallest absolute Gasteiger partial charge is 0.0411 e. The summed E-state index contributed by atoms with van der Waals surface area (Å²) in [5.74, 6) is 0. The van der Waals surface area contributed by atoms with E-state index in [2.05, 4.69) is 88.7 Å². The van der Waals surface area contributed by atoms with E-state index in [-0.39, 0.29) is 5.54 Å². The number of hydrogen-bond acceptors (Lipinski definition) is 2. The topological polar surface area (TPSA) is 6.48 Å². The molecule has 2 heterocycles. The lowest BCUT2D eigenvalue weighted by molar-refractivity contribution is 0.117. The lowest BCUT2D eigenvalue weighted by Crippen LogP contribution is -2.37. The summed E-state index contributed by atoms with van der Waals surface area (Å²) >= 11 is 2.55. The van der Waals surface area contributed by atoms with Crippen LogP contribution in [0.2, 0.25) is 0 Å². The van der Waals surface area contributed by atoms with Crippen molar-refractivity contribution in [1.29, 1.82) is 0 Å². The van der Waals surface area contributed by atoms with Crippen LogP contribution in [0.4, 0.5) is 0 Å². The van der Waals surface area contributed by atoms with Crippen molar-refractivity contribution in [3.63, 3.8) is 0 Å². The molecule has 1 saturated heterocycles. The van der Waals surface area contributed by atoms with E-state index in [1.165, 1.54) is 58.2 Å². The number of piperidine rings is 1. The molecule has 2 aromatic carbocycles. The molecular formula is C23H29IN2. The first-order chi connectivity index (χ1) is 12.5. The minimum Gasteiger partial charge on any atom is -0.299 e. The molecule has 26 heavy (non-hydrogen) atoms. The Morgan fingerprint density at radius 2 is 1.69 bits per heavy atom. The second kappa shape index (κ2) is 7.61. The fraction of sp³-hybridized carbons (Fsp3) is 0.478. The predicted octanol–water partition coefficient (Wildman–Crippen LogP) is 5.53. The second-order valence-corrected chi connectivity index (χ2v) is 9.50. The van der Waals surface area contributed by atoms with Gasteiger partial charge in [-0.15, -0.1) is 0 Å². The molecule has 2 aromatic rings. The quantitative estimate of drug-likeness (QED) is 0.554. The van der Waals surface area contributed by atoms with Gasteiger partial charge in [-0.3, -0.25) is 9.80 Å². The molecule has 0 unspecified atom stereocenters. The Morgan fingerprint density at radius 3 is 2.42 bits per heavy atom. The number of hydrogen-bond donors (Lipinski definition) is 0. The lowest BCUT2D eigenvalue weighted by Gasteiger charge is -2.36. The van der Waals surface area contributed by atoms with Crippen LogP contribution in [-0.2, 0) is 25.2 Å². The zero-order valence-electron chi connectivity index (χ0n) is 16.0. The molecule has 138 valence electrons. The number of rotatable bonds is 4. The van der Waals surface area contributed by atoms with Gasteiger partial charge in [0.15, 0.2) is 0 Å². The van der Waals surface area contributed by atoms with E-state index < -0.39 is 0 Å². The third-order valence-corrected chi connectivity index (χ3v) is 7.15. The Bertz CT molecular complexity index is 763. The lowest BCUT2D eigenvalue weighted by atomic mass is 9.92. The highest BCUT2D eigenvalue weighted by atomic mass is 127. The van der Waals surface area contributed by atoms with E-state index >= 15 is 0 Å². The Labute approximate surface area is 171 Å². The van der Waals surface area contributed by atoms with E-state index in [1.54, 1.807) is 0 Å². The zero-order chi connectivity index (χ0) is 18.1. The summed E-state index contributed by atoms with van der Waals surface area (Å²) in [5, 5.41) is 0. The summed E-state index contributed by atoms with van der Waals surface area (Å²) in [6.07, 6.45) is 4.13. The molecule has 1 fully saturated rings. The van der Waals surface area contributed by atoms with Gasteiger partial charge in [-0.05, 0) is 90.7 Å². The number of likely N-dealkylation sites (tertiary alicyclic amines) is 1. The van der Waals surface area contributed by atoms with Crippen molar-refractivity contribution >= 4 is 22.6 Å². The van der Waals surface area contributed by atoms with Crippen molar-refractivity contribution < 1.29 is 0 Å². The number of benzene rings is 2. The molecule has 3 heteroatoms. The zero-order valence-corrected chi connectivity index (χ0v) is 18.1. The van der Waals surface area contributed by atoms with Crippen LogP contribution in [-0.4, -0.2) is 22.9 Å². The highest BCUT2D eigenvalue weighted by Gasteiger charge is 2.34. The van der Waals surface area contributed by atoms with E-state index in [9.17, 15) is 0 Å². The van der Waals surface area contributed by atoms with Gasteiger partial charge >= 0.3 is 0 Å². The van der Waals surface area contributed by atoms with Crippen molar-refractivity contribution in [3.05, 3.63) is 68.3 Å². The monoisotopic (exact) mass is 460 g/mol. The van der Waals surface area contributed by atoms with Crippen molar-refractivity contribution in [2.45, 2.75) is 58.3 Å². The van der Waals surface area contributed by atoms with Gasteiger partial charge < -0.3 is 0 Å². The minimum atomic E-state index is 0.0520. The molecule has 0 aromatic heterocycles. The Kier molecular flexibility index (Phi) is 5.40. The average molecular weight is 460 g/mol. The fourth-order valence-electron chi connectivity index (χ4n) is 4.42. The molecule has 0 N–H and O–H groups in total. The summed E-state index contributed by atoms with van der Waals surface area (Å²) in [5.41, 5.74) is 6.02. The molecule has 2 aliphatic rings. The maximum Gasteiger partial charge on any atom is 0.0411 e. The first-order valence-corrected chi connectivity index (χ1v) is 10.9. The molecule has 4 rings (SSSR count). The van der Waals surface area contributed by atoms with Gasteiger partial charge in [0, 0.05) is 28.7 Å². The SMILES string of the molecule is CC(C)(c1ccccc1)N1Cc2cc(CN3CCCCC3)cc(I)c2C1. The van der Waals surface area contributed by atoms with Crippen molar-refractivity contribution in [2.24, 2.45) is 0 Å². The largest absolute Gasteiger partial charge is 0.299 e. The number of halogens is 1. The molecule has 0 spiro atoms. The molecule has 0 atom stereocenters. The van der Waals surface area contributed by atoms with Gasteiger partial charge in [0.1, 0.15) is 0 Å². The Hall–Kier alpha value is -0.910.